The summed E-state index contributed by atoms with van der Waals surface area (Å²) < 4.78 is 50.8. The van der Waals surface area contributed by atoms with Gasteiger partial charge in [0.1, 0.15) is 6.04 Å². The van der Waals surface area contributed by atoms with Gasteiger partial charge in [-0.25, -0.2) is 16.8 Å². The number of carbonyl (C=O) groups is 1. The fourth-order valence-electron chi connectivity index (χ4n) is 2.99. The number of nitrogens with zero attached hydrogens (tertiary/aromatic N) is 1. The second-order valence-electron chi connectivity index (χ2n) is 6.19. The molecular formula is C17H18N2O5S2. The van der Waals surface area contributed by atoms with E-state index in [1.54, 1.807) is 12.1 Å². The fourth-order valence-corrected chi connectivity index (χ4v) is 5.36. The van der Waals surface area contributed by atoms with Crippen LogP contribution in [0.3, 0.4) is 0 Å². The van der Waals surface area contributed by atoms with E-state index in [2.05, 4.69) is 0 Å². The monoisotopic (exact) mass is 394 g/mol. The summed E-state index contributed by atoms with van der Waals surface area (Å²) in [6.45, 7) is -0.00475. The van der Waals surface area contributed by atoms with E-state index in [1.165, 1.54) is 18.2 Å². The van der Waals surface area contributed by atoms with E-state index in [0.717, 1.165) is 27.8 Å². The molecule has 7 nitrogen and oxygen atoms in total. The van der Waals surface area contributed by atoms with Gasteiger partial charge in [-0.15, -0.1) is 0 Å². The second-order valence-corrected chi connectivity index (χ2v) is 10.1. The Hall–Kier alpha value is -2.23. The van der Waals surface area contributed by atoms with Crippen molar-refractivity contribution in [2.24, 2.45) is 5.73 Å². The Morgan fingerprint density at radius 1 is 1.00 bits per heavy atom. The molecule has 138 valence electrons. The van der Waals surface area contributed by atoms with Crippen molar-refractivity contribution in [3.63, 3.8) is 0 Å². The van der Waals surface area contributed by atoms with E-state index in [-0.39, 0.29) is 22.8 Å². The maximum atomic E-state index is 13.1. The first-order valence-corrected chi connectivity index (χ1v) is 11.1. The molecule has 1 heterocycles. The normalized spacial score (nSPS) is 18.3. The Balaban J connectivity index is 2.10. The number of sulfone groups is 1. The van der Waals surface area contributed by atoms with Gasteiger partial charge in [0, 0.05) is 12.8 Å². The minimum Gasteiger partial charge on any atom is -0.368 e. The average molecular weight is 394 g/mol. The van der Waals surface area contributed by atoms with E-state index >= 15 is 0 Å². The predicted octanol–water partition coefficient (Wildman–Crippen LogP) is 0.691. The van der Waals surface area contributed by atoms with E-state index in [1.807, 2.05) is 12.1 Å². The smallest absolute Gasteiger partial charge is 0.244 e. The summed E-state index contributed by atoms with van der Waals surface area (Å²) in [7, 11) is -7.68. The third-order valence-corrected chi connectivity index (χ3v) is 7.34. The minimum atomic E-state index is -4.11. The molecule has 26 heavy (non-hydrogen) atoms. The Labute approximate surface area is 152 Å². The van der Waals surface area contributed by atoms with Crippen LogP contribution in [-0.4, -0.2) is 39.3 Å². The van der Waals surface area contributed by atoms with Gasteiger partial charge in [-0.3, -0.25) is 4.79 Å². The van der Waals surface area contributed by atoms with Crippen molar-refractivity contribution in [3.8, 4) is 0 Å². The molecule has 0 saturated carbocycles. The number of amides is 1. The van der Waals surface area contributed by atoms with Gasteiger partial charge in [-0.1, -0.05) is 30.3 Å². The van der Waals surface area contributed by atoms with Gasteiger partial charge in [0.25, 0.3) is 0 Å². The molecule has 3 rings (SSSR count). The standard InChI is InChI=1S/C17H18N2O5S2/c1-25(21,22)14-7-4-8-15(10-14)26(23,24)19-11-13-6-3-2-5-12(13)9-16(19)17(18)20/h2-8,10,16H,9,11H2,1H3,(H2,18,20)/t16-/m0/s1. The van der Waals surface area contributed by atoms with Gasteiger partial charge in [0.05, 0.1) is 9.79 Å². The molecule has 2 aromatic rings. The summed E-state index contributed by atoms with van der Waals surface area (Å²) in [6.07, 6.45) is 1.18. The zero-order chi connectivity index (χ0) is 19.1. The molecule has 0 unspecified atom stereocenters. The Kier molecular flexibility index (Phi) is 4.63. The first-order valence-electron chi connectivity index (χ1n) is 7.79. The van der Waals surface area contributed by atoms with Gasteiger partial charge < -0.3 is 5.73 Å². The Bertz CT molecular complexity index is 1080. The highest BCUT2D eigenvalue weighted by molar-refractivity contribution is 7.91. The summed E-state index contributed by atoms with van der Waals surface area (Å²) in [5.41, 5.74) is 7.10. The lowest BCUT2D eigenvalue weighted by Gasteiger charge is -2.34. The Morgan fingerprint density at radius 3 is 2.23 bits per heavy atom. The zero-order valence-electron chi connectivity index (χ0n) is 14.0. The zero-order valence-corrected chi connectivity index (χ0v) is 15.6. The molecule has 1 aliphatic rings. The van der Waals surface area contributed by atoms with Crippen LogP contribution in [0, 0.1) is 0 Å². The molecular weight excluding hydrogens is 376 g/mol. The average Bonchev–Trinajstić information content (AvgIpc) is 2.60. The van der Waals surface area contributed by atoms with Crippen LogP contribution in [0.4, 0.5) is 0 Å². The van der Waals surface area contributed by atoms with Crippen molar-refractivity contribution in [3.05, 3.63) is 59.7 Å². The van der Waals surface area contributed by atoms with Crippen LogP contribution in [0.2, 0.25) is 0 Å². The molecule has 0 aromatic heterocycles. The van der Waals surface area contributed by atoms with Gasteiger partial charge in [-0.2, -0.15) is 4.31 Å². The number of carbonyl (C=O) groups excluding carboxylic acids is 1. The highest BCUT2D eigenvalue weighted by atomic mass is 32.2. The molecule has 0 radical (unpaired) electrons. The molecule has 9 heteroatoms. The summed E-state index contributed by atoms with van der Waals surface area (Å²) in [5.74, 6) is -0.748. The van der Waals surface area contributed by atoms with Crippen molar-refractivity contribution >= 4 is 25.8 Å². The van der Waals surface area contributed by atoms with Gasteiger partial charge in [-0.05, 0) is 35.7 Å². The lowest BCUT2D eigenvalue weighted by Crippen LogP contribution is -2.51. The van der Waals surface area contributed by atoms with Crippen LogP contribution in [0.5, 0.6) is 0 Å². The van der Waals surface area contributed by atoms with Crippen molar-refractivity contribution in [2.45, 2.75) is 28.8 Å². The largest absolute Gasteiger partial charge is 0.368 e. The minimum absolute atomic E-state index is 0.00475. The molecule has 0 bridgehead atoms. The second kappa shape index (κ2) is 6.49. The van der Waals surface area contributed by atoms with Gasteiger partial charge in [0.15, 0.2) is 9.84 Å². The number of hydrogen-bond donors (Lipinski definition) is 1. The van der Waals surface area contributed by atoms with Crippen LogP contribution in [0.1, 0.15) is 11.1 Å². The SMILES string of the molecule is CS(=O)(=O)c1cccc(S(=O)(=O)N2Cc3ccccc3C[C@H]2C(N)=O)c1. The first kappa shape index (κ1) is 18.6. The lowest BCUT2D eigenvalue weighted by atomic mass is 9.96. The number of hydrogen-bond acceptors (Lipinski definition) is 5. The number of sulfonamides is 1. The topological polar surface area (TPSA) is 115 Å². The molecule has 0 spiro atoms. The number of primary amides is 1. The van der Waals surface area contributed by atoms with Crippen molar-refractivity contribution in [2.75, 3.05) is 6.26 Å². The van der Waals surface area contributed by atoms with Gasteiger partial charge >= 0.3 is 0 Å². The van der Waals surface area contributed by atoms with Crippen molar-refractivity contribution in [1.82, 2.24) is 4.31 Å². The van der Waals surface area contributed by atoms with E-state index in [0.29, 0.717) is 0 Å². The van der Waals surface area contributed by atoms with Crippen molar-refractivity contribution < 1.29 is 21.6 Å². The summed E-state index contributed by atoms with van der Waals surface area (Å²) in [4.78, 5) is 11.6. The third-order valence-electron chi connectivity index (χ3n) is 4.37. The van der Waals surface area contributed by atoms with E-state index in [4.69, 9.17) is 5.73 Å². The van der Waals surface area contributed by atoms with E-state index < -0.39 is 31.8 Å². The van der Waals surface area contributed by atoms with Crippen LogP contribution in [-0.2, 0) is 37.6 Å². The molecule has 1 amide bonds. The van der Waals surface area contributed by atoms with Crippen LogP contribution >= 0.6 is 0 Å². The first-order chi connectivity index (χ1) is 12.1. The lowest BCUT2D eigenvalue weighted by molar-refractivity contribution is -0.122. The highest BCUT2D eigenvalue weighted by Gasteiger charge is 2.38. The maximum absolute atomic E-state index is 13.1. The highest BCUT2D eigenvalue weighted by Crippen LogP contribution is 2.29. The number of nitrogens with two attached hydrogens (primary N) is 1. The fraction of sp³-hybridized carbons (Fsp3) is 0.235. The van der Waals surface area contributed by atoms with E-state index in [9.17, 15) is 21.6 Å². The molecule has 0 saturated heterocycles. The molecule has 1 atom stereocenters. The Morgan fingerprint density at radius 2 is 1.62 bits per heavy atom. The molecule has 0 aliphatic carbocycles. The molecule has 1 aliphatic heterocycles. The summed E-state index contributed by atoms with van der Waals surface area (Å²) >= 11 is 0. The summed E-state index contributed by atoms with van der Waals surface area (Å²) in [6, 6.07) is 11.3. The predicted molar refractivity (Wildman–Crippen MR) is 95.4 cm³/mol. The number of fused-ring (bicyclic) bond motifs is 1. The third kappa shape index (κ3) is 3.37. The summed E-state index contributed by atoms with van der Waals surface area (Å²) in [5, 5.41) is 0. The quantitative estimate of drug-likeness (QED) is 0.819. The maximum Gasteiger partial charge on any atom is 0.244 e. The number of rotatable bonds is 4. The van der Waals surface area contributed by atoms with Crippen LogP contribution in [0.15, 0.2) is 58.3 Å². The van der Waals surface area contributed by atoms with Crippen LogP contribution < -0.4 is 5.73 Å². The van der Waals surface area contributed by atoms with Crippen LogP contribution in [0.25, 0.3) is 0 Å². The molecule has 2 aromatic carbocycles. The van der Waals surface area contributed by atoms with Gasteiger partial charge in [0.2, 0.25) is 15.9 Å². The molecule has 0 fully saturated rings. The molecule has 2 N–H and O–H groups in total. The number of benzene rings is 2. The van der Waals surface area contributed by atoms with Crippen molar-refractivity contribution in [1.29, 1.82) is 0 Å².